The highest BCUT2D eigenvalue weighted by Gasteiger charge is 2.38. The minimum atomic E-state index is -4.76. The van der Waals surface area contributed by atoms with E-state index in [4.69, 9.17) is 12.2 Å². The van der Waals surface area contributed by atoms with Gasteiger partial charge in [0.1, 0.15) is 10.6 Å². The molecule has 0 amide bonds. The first-order valence-corrected chi connectivity index (χ1v) is 16.8. The molecule has 0 bridgehead atoms. The van der Waals surface area contributed by atoms with Crippen molar-refractivity contribution < 1.29 is 26.7 Å². The normalized spacial score (nSPS) is 19.3. The zero-order chi connectivity index (χ0) is 31.1. The van der Waals surface area contributed by atoms with Crippen molar-refractivity contribution in [2.45, 2.75) is 37.4 Å². The Balaban J connectivity index is 1.48. The summed E-state index contributed by atoms with van der Waals surface area (Å²) in [6.07, 6.45) is -3.38. The van der Waals surface area contributed by atoms with Gasteiger partial charge in [-0.05, 0) is 43.2 Å². The van der Waals surface area contributed by atoms with Crippen molar-refractivity contribution in [2.24, 2.45) is 0 Å². The van der Waals surface area contributed by atoms with Gasteiger partial charge in [-0.3, -0.25) is 4.90 Å². The second-order valence-electron chi connectivity index (χ2n) is 10.7. The Morgan fingerprint density at radius 3 is 2.65 bits per heavy atom. The highest BCUT2D eigenvalue weighted by molar-refractivity contribution is 7.92. The third kappa shape index (κ3) is 6.50. The molecule has 5 rings (SSSR count). The Hall–Kier alpha value is -2.85. The number of anilines is 3. The second-order valence-corrected chi connectivity index (χ2v) is 14.2. The molecule has 232 valence electrons. The van der Waals surface area contributed by atoms with Crippen molar-refractivity contribution in [3.63, 3.8) is 0 Å². The number of halogens is 3. The number of rotatable bonds is 7. The third-order valence-electron chi connectivity index (χ3n) is 7.77. The number of nitrogens with one attached hydrogen (secondary N) is 1. The number of benzene rings is 1. The van der Waals surface area contributed by atoms with Crippen LogP contribution in [-0.2, 0) is 22.4 Å². The summed E-state index contributed by atoms with van der Waals surface area (Å²) >= 11 is 6.34. The van der Waals surface area contributed by atoms with Crippen LogP contribution in [0.1, 0.15) is 29.9 Å². The maximum atomic E-state index is 14.1. The molecule has 0 saturated carbocycles. The molecule has 2 aromatic heterocycles. The zero-order valence-electron chi connectivity index (χ0n) is 24.0. The maximum absolute atomic E-state index is 14.1. The summed E-state index contributed by atoms with van der Waals surface area (Å²) in [4.78, 5) is 14.9. The number of aliphatic hydroxyl groups excluding tert-OH is 1. The summed E-state index contributed by atoms with van der Waals surface area (Å²) in [5.74, 6) is -0.231. The Bertz CT molecular complexity index is 1630. The van der Waals surface area contributed by atoms with Crippen LogP contribution in [0.25, 0.3) is 10.6 Å². The molecule has 1 aromatic carbocycles. The molecule has 9 nitrogen and oxygen atoms in total. The fourth-order valence-corrected chi connectivity index (χ4v) is 8.84. The summed E-state index contributed by atoms with van der Waals surface area (Å²) in [5.41, 5.74) is 1.17. The number of nitrogens with zero attached hydrogens (tertiary/aromatic N) is 5. The molecular formula is C28H33F3N6O3S3. The summed E-state index contributed by atoms with van der Waals surface area (Å²) in [6.45, 7) is 7.57. The molecule has 1 atom stereocenters. The lowest BCUT2D eigenvalue weighted by Crippen LogP contribution is -2.52. The first-order valence-electron chi connectivity index (χ1n) is 13.9. The Labute approximate surface area is 258 Å². The number of aliphatic hydroxyl groups is 1. The third-order valence-corrected chi connectivity index (χ3v) is 11.4. The van der Waals surface area contributed by atoms with E-state index in [-0.39, 0.29) is 50.5 Å². The zero-order valence-corrected chi connectivity index (χ0v) is 26.4. The molecule has 1 fully saturated rings. The van der Waals surface area contributed by atoms with Gasteiger partial charge in [-0.25, -0.2) is 18.4 Å². The predicted octanol–water partition coefficient (Wildman–Crippen LogP) is 4.43. The number of sulfone groups is 1. The van der Waals surface area contributed by atoms with Gasteiger partial charge >= 0.3 is 6.18 Å². The molecule has 0 aliphatic carbocycles. The van der Waals surface area contributed by atoms with E-state index in [2.05, 4.69) is 38.1 Å². The molecule has 15 heteroatoms. The molecule has 4 heterocycles. The fraction of sp³-hybridized carbons (Fsp3) is 0.464. The molecular weight excluding hydrogens is 622 g/mol. The van der Waals surface area contributed by atoms with Crippen molar-refractivity contribution in [3.8, 4) is 10.6 Å². The Morgan fingerprint density at radius 2 is 1.98 bits per heavy atom. The van der Waals surface area contributed by atoms with E-state index in [9.17, 15) is 26.7 Å². The lowest BCUT2D eigenvalue weighted by molar-refractivity contribution is -0.137. The molecule has 2 aliphatic rings. The van der Waals surface area contributed by atoms with E-state index in [0.717, 1.165) is 48.4 Å². The number of aryl methyl sites for hydroxylation is 1. The largest absolute Gasteiger partial charge is 0.420 e. The van der Waals surface area contributed by atoms with E-state index < -0.39 is 27.3 Å². The quantitative estimate of drug-likeness (QED) is 0.356. The SMILES string of the molecule is CCc1cc(N2CCN(CCO)C[C@@H]2C)ccc1Nc1ncc(C(F)(F)F)c(-c2cc3c(s2)C(=S)N(C)CCS3(=O)=O)n1. The summed E-state index contributed by atoms with van der Waals surface area (Å²) in [6, 6.07) is 7.38. The number of hydrogen-bond acceptors (Lipinski definition) is 10. The Kier molecular flexibility index (Phi) is 9.01. The Morgan fingerprint density at radius 1 is 1.21 bits per heavy atom. The number of thiocarbonyl (C=S) groups is 1. The second kappa shape index (κ2) is 12.3. The number of β-amino-alcohol motifs (C(OH)–C–C–N with tert-alkyl or cyclic N) is 1. The van der Waals surface area contributed by atoms with Gasteiger partial charge in [-0.15, -0.1) is 11.3 Å². The number of aromatic nitrogens is 2. The van der Waals surface area contributed by atoms with E-state index in [1.54, 1.807) is 11.9 Å². The van der Waals surface area contributed by atoms with Crippen molar-refractivity contribution in [2.75, 3.05) is 62.3 Å². The van der Waals surface area contributed by atoms with Crippen LogP contribution in [0.3, 0.4) is 0 Å². The van der Waals surface area contributed by atoms with Crippen LogP contribution < -0.4 is 10.2 Å². The van der Waals surface area contributed by atoms with Crippen LogP contribution in [0.15, 0.2) is 35.4 Å². The van der Waals surface area contributed by atoms with Gasteiger partial charge < -0.3 is 20.2 Å². The molecule has 0 spiro atoms. The molecule has 2 aliphatic heterocycles. The van der Waals surface area contributed by atoms with Crippen LogP contribution in [0.4, 0.5) is 30.5 Å². The topological polar surface area (TPSA) is 102 Å². The molecule has 0 unspecified atom stereocenters. The molecule has 0 radical (unpaired) electrons. The predicted molar refractivity (Wildman–Crippen MR) is 166 cm³/mol. The maximum Gasteiger partial charge on any atom is 0.420 e. The average molecular weight is 655 g/mol. The van der Waals surface area contributed by atoms with Gasteiger partial charge in [0.2, 0.25) is 5.95 Å². The van der Waals surface area contributed by atoms with Crippen LogP contribution in [0.2, 0.25) is 0 Å². The van der Waals surface area contributed by atoms with Crippen LogP contribution in [0, 0.1) is 0 Å². The van der Waals surface area contributed by atoms with Crippen LogP contribution >= 0.6 is 23.6 Å². The summed E-state index contributed by atoms with van der Waals surface area (Å²) in [7, 11) is -2.09. The molecule has 43 heavy (non-hydrogen) atoms. The number of hydrogen-bond donors (Lipinski definition) is 2. The van der Waals surface area contributed by atoms with Gasteiger partial charge in [0, 0.05) is 63.4 Å². The standard InChI is InChI=1S/C28H33F3N6O3S3/c1-4-18-13-19(37-8-7-36(9-11-38)16-17(37)2)5-6-21(18)33-27-32-15-20(28(29,30)31)24(34-27)22-14-23-25(42-22)26(41)35(3)10-12-43(23,39)40/h5-6,13-15,17,38H,4,7-12,16H2,1-3H3,(H,32,33,34)/t17-/m0/s1. The van der Waals surface area contributed by atoms with E-state index in [0.29, 0.717) is 18.7 Å². The highest BCUT2D eigenvalue weighted by Crippen LogP contribution is 2.42. The van der Waals surface area contributed by atoms with E-state index in [1.165, 1.54) is 6.07 Å². The first-order chi connectivity index (χ1) is 20.3. The van der Waals surface area contributed by atoms with Crippen molar-refractivity contribution >= 4 is 55.7 Å². The summed E-state index contributed by atoms with van der Waals surface area (Å²) in [5, 5.41) is 12.4. The lowest BCUT2D eigenvalue weighted by atomic mass is 10.1. The highest BCUT2D eigenvalue weighted by atomic mass is 32.2. The fourth-order valence-electron chi connectivity index (χ4n) is 5.41. The molecule has 3 aromatic rings. The van der Waals surface area contributed by atoms with E-state index >= 15 is 0 Å². The monoisotopic (exact) mass is 654 g/mol. The smallest absolute Gasteiger partial charge is 0.395 e. The first kappa shape index (κ1) is 31.6. The van der Waals surface area contributed by atoms with Gasteiger partial charge in [0.25, 0.3) is 0 Å². The van der Waals surface area contributed by atoms with Gasteiger partial charge in [-0.1, -0.05) is 19.1 Å². The van der Waals surface area contributed by atoms with Gasteiger partial charge in [-0.2, -0.15) is 13.2 Å². The van der Waals surface area contributed by atoms with Crippen molar-refractivity contribution in [3.05, 3.63) is 46.5 Å². The number of alkyl halides is 3. The van der Waals surface area contributed by atoms with Crippen molar-refractivity contribution in [1.29, 1.82) is 0 Å². The number of piperazine rings is 1. The number of fused-ring (bicyclic) bond motifs is 1. The molecule has 2 N–H and O–H groups in total. The average Bonchev–Trinajstić information content (AvgIpc) is 3.39. The minimum Gasteiger partial charge on any atom is -0.395 e. The van der Waals surface area contributed by atoms with Crippen LogP contribution in [-0.4, -0.2) is 96.5 Å². The number of thiophene rings is 1. The molecule has 1 saturated heterocycles. The van der Waals surface area contributed by atoms with E-state index in [1.807, 2.05) is 19.1 Å². The van der Waals surface area contributed by atoms with Gasteiger partial charge in [0.15, 0.2) is 9.84 Å². The van der Waals surface area contributed by atoms with Gasteiger partial charge in [0.05, 0.1) is 32.7 Å². The van der Waals surface area contributed by atoms with Crippen LogP contribution in [0.5, 0.6) is 0 Å². The lowest BCUT2D eigenvalue weighted by Gasteiger charge is -2.41. The summed E-state index contributed by atoms with van der Waals surface area (Å²) < 4.78 is 68.2. The minimum absolute atomic E-state index is 0.0393. The van der Waals surface area contributed by atoms with Crippen molar-refractivity contribution in [1.82, 2.24) is 19.8 Å².